The topological polar surface area (TPSA) is 76.6 Å². The number of benzene rings is 2. The van der Waals surface area contributed by atoms with E-state index in [2.05, 4.69) is 15.3 Å². The van der Waals surface area contributed by atoms with Crippen LogP contribution in [0.15, 0.2) is 60.9 Å². The molecule has 0 saturated carbocycles. The van der Waals surface area contributed by atoms with Gasteiger partial charge < -0.3 is 19.7 Å². The van der Waals surface area contributed by atoms with Crippen LogP contribution in [0, 0.1) is 0 Å². The molecule has 0 bridgehead atoms. The number of aromatic nitrogens is 2. The number of nitrogens with zero attached hydrogens (tertiary/aromatic N) is 3. The van der Waals surface area contributed by atoms with E-state index in [0.717, 1.165) is 5.69 Å². The molecule has 1 N–H and O–H groups in total. The summed E-state index contributed by atoms with van der Waals surface area (Å²) in [6.45, 7) is 3.76. The average molecular weight is 376 g/mol. The maximum absolute atomic E-state index is 12.7. The van der Waals surface area contributed by atoms with Crippen molar-refractivity contribution < 1.29 is 14.3 Å². The minimum atomic E-state index is -0.315. The van der Waals surface area contributed by atoms with Gasteiger partial charge in [0.05, 0.1) is 0 Å². The molecule has 0 atom stereocenters. The summed E-state index contributed by atoms with van der Waals surface area (Å²) in [4.78, 5) is 23.2. The Labute approximate surface area is 163 Å². The number of rotatable bonds is 5. The van der Waals surface area contributed by atoms with Crippen LogP contribution in [0.2, 0.25) is 0 Å². The maximum atomic E-state index is 12.7. The number of ether oxygens (including phenoxy) is 2. The quantitative estimate of drug-likeness (QED) is 0.732. The van der Waals surface area contributed by atoms with Gasteiger partial charge in [0, 0.05) is 30.1 Å². The van der Waals surface area contributed by atoms with Crippen molar-refractivity contribution in [2.24, 2.45) is 0 Å². The zero-order valence-corrected chi connectivity index (χ0v) is 15.5. The van der Waals surface area contributed by atoms with Gasteiger partial charge in [-0.3, -0.25) is 4.79 Å². The number of hydrogen-bond acceptors (Lipinski definition) is 6. The largest absolute Gasteiger partial charge is 0.486 e. The third kappa shape index (κ3) is 3.73. The van der Waals surface area contributed by atoms with Crippen molar-refractivity contribution in [2.75, 3.05) is 30.0 Å². The van der Waals surface area contributed by atoms with E-state index in [0.29, 0.717) is 42.8 Å². The van der Waals surface area contributed by atoms with Crippen LogP contribution in [-0.4, -0.2) is 35.6 Å². The first-order valence-electron chi connectivity index (χ1n) is 9.10. The van der Waals surface area contributed by atoms with Gasteiger partial charge in [-0.05, 0) is 31.2 Å². The van der Waals surface area contributed by atoms with Gasteiger partial charge in [0.2, 0.25) is 0 Å². The molecule has 142 valence electrons. The minimum absolute atomic E-state index is 0.286. The van der Waals surface area contributed by atoms with Crippen molar-refractivity contribution >= 4 is 23.1 Å². The smallest absolute Gasteiger partial charge is 0.274 e. The highest BCUT2D eigenvalue weighted by Gasteiger charge is 2.16. The van der Waals surface area contributed by atoms with E-state index in [1.54, 1.807) is 24.3 Å². The summed E-state index contributed by atoms with van der Waals surface area (Å²) in [5.74, 6) is 1.64. The Morgan fingerprint density at radius 1 is 1.04 bits per heavy atom. The Balaban J connectivity index is 1.54. The van der Waals surface area contributed by atoms with Gasteiger partial charge in [0.15, 0.2) is 11.5 Å². The van der Waals surface area contributed by atoms with Crippen molar-refractivity contribution in [1.82, 2.24) is 9.97 Å². The molecule has 3 aromatic rings. The van der Waals surface area contributed by atoms with Crippen LogP contribution < -0.4 is 19.7 Å². The summed E-state index contributed by atoms with van der Waals surface area (Å²) in [5, 5.41) is 2.85. The first-order chi connectivity index (χ1) is 13.7. The van der Waals surface area contributed by atoms with Gasteiger partial charge in [0.1, 0.15) is 31.1 Å². The summed E-state index contributed by atoms with van der Waals surface area (Å²) < 4.78 is 11.1. The molecular formula is C21H20N4O3. The Bertz CT molecular complexity index is 978. The predicted molar refractivity (Wildman–Crippen MR) is 107 cm³/mol. The summed E-state index contributed by atoms with van der Waals surface area (Å²) in [6, 6.07) is 16.9. The number of fused-ring (bicyclic) bond motifs is 1. The Kier molecular flexibility index (Phi) is 5.05. The zero-order valence-electron chi connectivity index (χ0n) is 15.5. The standard InChI is InChI=1S/C21H20N4O3/c1-2-25(16-6-4-3-5-7-16)20-13-17(22-14-23-20)21(26)24-15-8-9-18-19(12-15)28-11-10-27-18/h3-9,12-14H,2,10-11H2,1H3,(H,24,26). The maximum Gasteiger partial charge on any atom is 0.274 e. The van der Waals surface area contributed by atoms with Gasteiger partial charge in [-0.2, -0.15) is 0 Å². The number of carbonyl (C=O) groups is 1. The highest BCUT2D eigenvalue weighted by Crippen LogP contribution is 2.32. The van der Waals surface area contributed by atoms with Crippen molar-refractivity contribution in [3.63, 3.8) is 0 Å². The first-order valence-corrected chi connectivity index (χ1v) is 9.10. The van der Waals surface area contributed by atoms with Crippen molar-refractivity contribution in [1.29, 1.82) is 0 Å². The van der Waals surface area contributed by atoms with E-state index in [1.165, 1.54) is 6.33 Å². The molecule has 0 unspecified atom stereocenters. The Morgan fingerprint density at radius 2 is 1.82 bits per heavy atom. The molecule has 7 nitrogen and oxygen atoms in total. The number of anilines is 3. The third-order valence-electron chi connectivity index (χ3n) is 4.35. The molecule has 0 fully saturated rings. The van der Waals surface area contributed by atoms with E-state index in [1.807, 2.05) is 42.2 Å². The highest BCUT2D eigenvalue weighted by atomic mass is 16.6. The number of amides is 1. The molecule has 1 aliphatic rings. The van der Waals surface area contributed by atoms with E-state index >= 15 is 0 Å². The highest BCUT2D eigenvalue weighted by molar-refractivity contribution is 6.03. The monoisotopic (exact) mass is 376 g/mol. The number of para-hydroxylation sites is 1. The summed E-state index contributed by atoms with van der Waals surface area (Å²) in [6.07, 6.45) is 1.40. The molecule has 2 heterocycles. The summed E-state index contributed by atoms with van der Waals surface area (Å²) >= 11 is 0. The molecular weight excluding hydrogens is 356 g/mol. The molecule has 1 amide bonds. The second kappa shape index (κ2) is 7.96. The summed E-state index contributed by atoms with van der Waals surface area (Å²) in [7, 11) is 0. The summed E-state index contributed by atoms with van der Waals surface area (Å²) in [5.41, 5.74) is 1.90. The lowest BCUT2D eigenvalue weighted by Gasteiger charge is -2.22. The van der Waals surface area contributed by atoms with Gasteiger partial charge >= 0.3 is 0 Å². The van der Waals surface area contributed by atoms with Crippen LogP contribution >= 0.6 is 0 Å². The molecule has 4 rings (SSSR count). The predicted octanol–water partition coefficient (Wildman–Crippen LogP) is 3.66. The van der Waals surface area contributed by atoms with Crippen LogP contribution in [-0.2, 0) is 0 Å². The van der Waals surface area contributed by atoms with Crippen LogP contribution in [0.3, 0.4) is 0 Å². The Morgan fingerprint density at radius 3 is 2.61 bits per heavy atom. The molecule has 0 radical (unpaired) electrons. The fourth-order valence-electron chi connectivity index (χ4n) is 3.02. The molecule has 2 aromatic carbocycles. The zero-order chi connectivity index (χ0) is 19.3. The van der Waals surface area contributed by atoms with E-state index < -0.39 is 0 Å². The minimum Gasteiger partial charge on any atom is -0.486 e. The average Bonchev–Trinajstić information content (AvgIpc) is 2.75. The van der Waals surface area contributed by atoms with Crippen LogP contribution in [0.25, 0.3) is 0 Å². The number of nitrogens with one attached hydrogen (secondary N) is 1. The van der Waals surface area contributed by atoms with Crippen molar-refractivity contribution in [3.8, 4) is 11.5 Å². The fourth-order valence-corrected chi connectivity index (χ4v) is 3.02. The van der Waals surface area contributed by atoms with Gasteiger partial charge in [0.25, 0.3) is 5.91 Å². The van der Waals surface area contributed by atoms with E-state index in [-0.39, 0.29) is 11.6 Å². The Hall–Kier alpha value is -3.61. The third-order valence-corrected chi connectivity index (χ3v) is 4.35. The lowest BCUT2D eigenvalue weighted by molar-refractivity contribution is 0.102. The molecule has 1 aliphatic heterocycles. The molecule has 0 aliphatic carbocycles. The fraction of sp³-hybridized carbons (Fsp3) is 0.190. The molecule has 1 aromatic heterocycles. The second-order valence-electron chi connectivity index (χ2n) is 6.15. The van der Waals surface area contributed by atoms with E-state index in [9.17, 15) is 4.79 Å². The molecule has 28 heavy (non-hydrogen) atoms. The molecule has 7 heteroatoms. The normalized spacial score (nSPS) is 12.3. The van der Waals surface area contributed by atoms with Gasteiger partial charge in [-0.15, -0.1) is 0 Å². The molecule has 0 saturated heterocycles. The van der Waals surface area contributed by atoms with Crippen LogP contribution in [0.5, 0.6) is 11.5 Å². The van der Waals surface area contributed by atoms with E-state index in [4.69, 9.17) is 9.47 Å². The SMILES string of the molecule is CCN(c1ccccc1)c1cc(C(=O)Nc2ccc3c(c2)OCCO3)ncn1. The number of carbonyl (C=O) groups excluding carboxylic acids is 1. The lowest BCUT2D eigenvalue weighted by Crippen LogP contribution is -2.20. The van der Waals surface area contributed by atoms with Crippen molar-refractivity contribution in [2.45, 2.75) is 6.92 Å². The number of hydrogen-bond donors (Lipinski definition) is 1. The second-order valence-corrected chi connectivity index (χ2v) is 6.15. The lowest BCUT2D eigenvalue weighted by atomic mass is 10.2. The molecule has 0 spiro atoms. The van der Waals surface area contributed by atoms with Crippen LogP contribution in [0.1, 0.15) is 17.4 Å². The van der Waals surface area contributed by atoms with Gasteiger partial charge in [-0.1, -0.05) is 18.2 Å². The first kappa shape index (κ1) is 17.8. The van der Waals surface area contributed by atoms with Crippen LogP contribution in [0.4, 0.5) is 17.2 Å². The van der Waals surface area contributed by atoms with Gasteiger partial charge in [-0.25, -0.2) is 9.97 Å². The van der Waals surface area contributed by atoms with Crippen molar-refractivity contribution in [3.05, 3.63) is 66.6 Å².